The minimum Gasteiger partial charge on any atom is -0.480 e. The van der Waals surface area contributed by atoms with Gasteiger partial charge in [-0.3, -0.25) is 0 Å². The van der Waals surface area contributed by atoms with Crippen LogP contribution >= 0.6 is 0 Å². The normalized spacial score (nSPS) is 16.0. The van der Waals surface area contributed by atoms with E-state index in [-0.39, 0.29) is 6.42 Å². The van der Waals surface area contributed by atoms with Crippen LogP contribution in [0.25, 0.3) is 0 Å². The number of aliphatic carboxylic acids is 1. The molecule has 7 nitrogen and oxygen atoms in total. The third kappa shape index (κ3) is 6.13. The van der Waals surface area contributed by atoms with E-state index in [0.717, 1.165) is 35.5 Å². The summed E-state index contributed by atoms with van der Waals surface area (Å²) >= 11 is 0. The summed E-state index contributed by atoms with van der Waals surface area (Å²) in [5.41, 5.74) is 3.38. The molecular weight excluding hydrogens is 348 g/mol. The van der Waals surface area contributed by atoms with Crippen LogP contribution in [0, 0.1) is 13.8 Å². The molecule has 1 unspecified atom stereocenters. The van der Waals surface area contributed by atoms with Crippen LogP contribution in [-0.2, 0) is 20.7 Å². The first kappa shape index (κ1) is 21.0. The number of carboxylic acids is 1. The van der Waals surface area contributed by atoms with Crippen molar-refractivity contribution in [1.82, 2.24) is 5.32 Å². The highest BCUT2D eigenvalue weighted by Crippen LogP contribution is 2.25. The van der Waals surface area contributed by atoms with Crippen molar-refractivity contribution in [3.8, 4) is 0 Å². The molecule has 1 aromatic carbocycles. The number of morpholine rings is 1. The molecule has 1 heterocycles. The van der Waals surface area contributed by atoms with Crippen LogP contribution in [0.2, 0.25) is 0 Å². The number of hydrogen-bond acceptors (Lipinski definition) is 5. The van der Waals surface area contributed by atoms with Gasteiger partial charge in [0.05, 0.1) is 13.2 Å². The summed E-state index contributed by atoms with van der Waals surface area (Å²) < 4.78 is 10.6. The van der Waals surface area contributed by atoms with Crippen molar-refractivity contribution in [2.75, 3.05) is 31.2 Å². The number of rotatable bonds is 5. The quantitative estimate of drug-likeness (QED) is 0.819. The van der Waals surface area contributed by atoms with E-state index in [1.807, 2.05) is 13.8 Å². The van der Waals surface area contributed by atoms with Gasteiger partial charge in [-0.1, -0.05) is 0 Å². The van der Waals surface area contributed by atoms with Gasteiger partial charge >= 0.3 is 12.1 Å². The Labute approximate surface area is 160 Å². The number of anilines is 1. The lowest BCUT2D eigenvalue weighted by atomic mass is 9.95. The van der Waals surface area contributed by atoms with Crippen molar-refractivity contribution in [2.24, 2.45) is 0 Å². The van der Waals surface area contributed by atoms with Crippen molar-refractivity contribution < 1.29 is 24.2 Å². The molecule has 0 bridgehead atoms. The lowest BCUT2D eigenvalue weighted by molar-refractivity contribution is -0.139. The largest absolute Gasteiger partial charge is 0.480 e. The van der Waals surface area contributed by atoms with Crippen LogP contribution in [0.5, 0.6) is 0 Å². The first-order chi connectivity index (χ1) is 12.6. The number of benzene rings is 1. The van der Waals surface area contributed by atoms with E-state index in [2.05, 4.69) is 22.3 Å². The summed E-state index contributed by atoms with van der Waals surface area (Å²) in [6.07, 6.45) is -0.523. The van der Waals surface area contributed by atoms with Gasteiger partial charge in [0.15, 0.2) is 0 Å². The summed E-state index contributed by atoms with van der Waals surface area (Å²) in [6, 6.07) is 3.09. The van der Waals surface area contributed by atoms with Crippen LogP contribution in [0.1, 0.15) is 37.5 Å². The first-order valence-electron chi connectivity index (χ1n) is 9.22. The van der Waals surface area contributed by atoms with Gasteiger partial charge in [-0.25, -0.2) is 9.59 Å². The van der Waals surface area contributed by atoms with E-state index >= 15 is 0 Å². The van der Waals surface area contributed by atoms with E-state index in [4.69, 9.17) is 9.47 Å². The lowest BCUT2D eigenvalue weighted by Gasteiger charge is -2.30. The molecular formula is C20H30N2O5. The Morgan fingerprint density at radius 1 is 1.22 bits per heavy atom. The molecule has 2 N–H and O–H groups in total. The second-order valence-electron chi connectivity index (χ2n) is 7.90. The predicted molar refractivity (Wildman–Crippen MR) is 103 cm³/mol. The Morgan fingerprint density at radius 3 is 2.26 bits per heavy atom. The third-order valence-electron chi connectivity index (χ3n) is 4.45. The number of alkyl carbamates (subject to hydrolysis) is 1. The molecule has 0 aliphatic carbocycles. The van der Waals surface area contributed by atoms with Crippen LogP contribution in [0.15, 0.2) is 12.1 Å². The number of carbonyl (C=O) groups is 2. The molecule has 0 aromatic heterocycles. The van der Waals surface area contributed by atoms with E-state index in [9.17, 15) is 14.7 Å². The second kappa shape index (κ2) is 8.61. The Balaban J connectivity index is 2.15. The first-order valence-corrected chi connectivity index (χ1v) is 9.22. The molecule has 2 rings (SSSR count). The van der Waals surface area contributed by atoms with Crippen molar-refractivity contribution >= 4 is 17.7 Å². The topological polar surface area (TPSA) is 88.1 Å². The van der Waals surface area contributed by atoms with Crippen molar-refractivity contribution in [2.45, 2.75) is 52.7 Å². The molecule has 1 aliphatic rings. The number of amides is 1. The summed E-state index contributed by atoms with van der Waals surface area (Å²) in [4.78, 5) is 25.9. The van der Waals surface area contributed by atoms with Crippen molar-refractivity contribution in [1.29, 1.82) is 0 Å². The second-order valence-corrected chi connectivity index (χ2v) is 7.90. The van der Waals surface area contributed by atoms with Gasteiger partial charge < -0.3 is 24.8 Å². The van der Waals surface area contributed by atoms with Gasteiger partial charge in [0.1, 0.15) is 11.6 Å². The zero-order chi connectivity index (χ0) is 20.2. The Bertz CT molecular complexity index is 667. The highest BCUT2D eigenvalue weighted by Gasteiger charge is 2.25. The fourth-order valence-electron chi connectivity index (χ4n) is 3.15. The van der Waals surface area contributed by atoms with Gasteiger partial charge in [-0.2, -0.15) is 0 Å². The van der Waals surface area contributed by atoms with E-state index < -0.39 is 23.7 Å². The van der Waals surface area contributed by atoms with Gasteiger partial charge in [0.2, 0.25) is 0 Å². The zero-order valence-corrected chi connectivity index (χ0v) is 16.8. The molecule has 1 aliphatic heterocycles. The van der Waals surface area contributed by atoms with Crippen LogP contribution in [-0.4, -0.2) is 55.1 Å². The number of carbonyl (C=O) groups excluding carboxylic acids is 1. The molecule has 1 aromatic rings. The van der Waals surface area contributed by atoms with Crippen molar-refractivity contribution in [3.63, 3.8) is 0 Å². The summed E-state index contributed by atoms with van der Waals surface area (Å²) in [5.74, 6) is -1.09. The molecule has 150 valence electrons. The number of hydrogen-bond donors (Lipinski definition) is 2. The van der Waals surface area contributed by atoms with Crippen LogP contribution < -0.4 is 10.2 Å². The fourth-order valence-corrected chi connectivity index (χ4v) is 3.15. The van der Waals surface area contributed by atoms with E-state index in [1.54, 1.807) is 20.8 Å². The van der Waals surface area contributed by atoms with E-state index in [1.165, 1.54) is 0 Å². The highest BCUT2D eigenvalue weighted by molar-refractivity contribution is 5.80. The van der Waals surface area contributed by atoms with Gasteiger partial charge in [-0.05, 0) is 63.4 Å². The molecule has 27 heavy (non-hydrogen) atoms. The molecule has 7 heteroatoms. The molecule has 1 saturated heterocycles. The summed E-state index contributed by atoms with van der Waals surface area (Å²) in [5, 5.41) is 12.0. The number of nitrogens with one attached hydrogen (secondary N) is 1. The van der Waals surface area contributed by atoms with Gasteiger partial charge in [0, 0.05) is 25.2 Å². The number of carboxylic acid groups (broad SMARTS) is 1. The maximum atomic E-state index is 12.0. The molecule has 1 atom stereocenters. The SMILES string of the molecule is Cc1cc(N2CCOCC2)cc(C)c1CC(NC(=O)OC(C)(C)C)C(=O)O. The molecule has 0 saturated carbocycles. The Morgan fingerprint density at radius 2 is 1.78 bits per heavy atom. The number of aryl methyl sites for hydroxylation is 2. The van der Waals surface area contributed by atoms with Gasteiger partial charge in [-0.15, -0.1) is 0 Å². The Kier molecular flexibility index (Phi) is 6.70. The highest BCUT2D eigenvalue weighted by atomic mass is 16.6. The average molecular weight is 378 g/mol. The average Bonchev–Trinajstić information content (AvgIpc) is 2.55. The summed E-state index contributed by atoms with van der Waals surface area (Å²) in [6.45, 7) is 12.3. The summed E-state index contributed by atoms with van der Waals surface area (Å²) in [7, 11) is 0. The smallest absolute Gasteiger partial charge is 0.408 e. The lowest BCUT2D eigenvalue weighted by Crippen LogP contribution is -2.44. The molecule has 0 spiro atoms. The van der Waals surface area contributed by atoms with Crippen LogP contribution in [0.3, 0.4) is 0 Å². The van der Waals surface area contributed by atoms with Crippen LogP contribution in [0.4, 0.5) is 10.5 Å². The number of ether oxygens (including phenoxy) is 2. The predicted octanol–water partition coefficient (Wildman–Crippen LogP) is 2.66. The Hall–Kier alpha value is -2.28. The zero-order valence-electron chi connectivity index (χ0n) is 16.8. The number of nitrogens with zero attached hydrogens (tertiary/aromatic N) is 1. The molecule has 0 radical (unpaired) electrons. The monoisotopic (exact) mass is 378 g/mol. The standard InChI is InChI=1S/C20H30N2O5/c1-13-10-15(22-6-8-26-9-7-22)11-14(2)16(13)12-17(18(23)24)21-19(25)27-20(3,4)5/h10-11,17H,6-9,12H2,1-5H3,(H,21,25)(H,23,24). The minimum atomic E-state index is -1.09. The maximum Gasteiger partial charge on any atom is 0.408 e. The maximum absolute atomic E-state index is 12.0. The fraction of sp³-hybridized carbons (Fsp3) is 0.600. The van der Waals surface area contributed by atoms with Crippen molar-refractivity contribution in [3.05, 3.63) is 28.8 Å². The molecule has 1 amide bonds. The van der Waals surface area contributed by atoms with E-state index in [0.29, 0.717) is 13.2 Å². The third-order valence-corrected chi connectivity index (χ3v) is 4.45. The molecule has 1 fully saturated rings. The minimum absolute atomic E-state index is 0.204. The van der Waals surface area contributed by atoms with Gasteiger partial charge in [0.25, 0.3) is 0 Å².